The normalized spacial score (nSPS) is 11.7. The van der Waals surface area contributed by atoms with Crippen molar-refractivity contribution in [2.75, 3.05) is 14.2 Å². The van der Waals surface area contributed by atoms with Crippen LogP contribution in [-0.4, -0.2) is 37.7 Å². The lowest BCUT2D eigenvalue weighted by Gasteiger charge is -2.03. The number of esters is 2. The Balaban J connectivity index is 3.17. The summed E-state index contributed by atoms with van der Waals surface area (Å²) in [6.07, 6.45) is 2.82. The Hall–Kier alpha value is -3.02. The molecule has 0 unspecified atom stereocenters. The summed E-state index contributed by atoms with van der Waals surface area (Å²) < 4.78 is 9.12. The molecular weight excluding hydrogens is 312 g/mol. The van der Waals surface area contributed by atoms with Crippen molar-refractivity contribution in [3.8, 4) is 0 Å². The standard InChI is InChI=1S/C18H18O6/c1-11(19)15(17(21)23-3)9-13-5-7-14(8-6-13)10-16(12(2)20)18(22)24-4/h5-10H,1-4H3. The molecular formula is C18H18O6. The number of rotatable bonds is 6. The average molecular weight is 330 g/mol. The number of ketones is 2. The first-order valence-electron chi connectivity index (χ1n) is 7.02. The molecule has 0 saturated carbocycles. The second-order valence-electron chi connectivity index (χ2n) is 4.88. The van der Waals surface area contributed by atoms with E-state index >= 15 is 0 Å². The van der Waals surface area contributed by atoms with Crippen LogP contribution in [0, 0.1) is 0 Å². The van der Waals surface area contributed by atoms with Crippen LogP contribution in [0.2, 0.25) is 0 Å². The first-order valence-corrected chi connectivity index (χ1v) is 7.02. The summed E-state index contributed by atoms with van der Waals surface area (Å²) in [4.78, 5) is 46.0. The number of hydrogen-bond acceptors (Lipinski definition) is 6. The van der Waals surface area contributed by atoms with E-state index in [0.29, 0.717) is 11.1 Å². The molecule has 0 heterocycles. The number of methoxy groups -OCH3 is 2. The molecule has 1 aromatic carbocycles. The van der Waals surface area contributed by atoms with Gasteiger partial charge in [0.2, 0.25) is 0 Å². The molecule has 0 bridgehead atoms. The van der Waals surface area contributed by atoms with Crippen LogP contribution >= 0.6 is 0 Å². The van der Waals surface area contributed by atoms with Gasteiger partial charge in [0.05, 0.1) is 14.2 Å². The number of benzene rings is 1. The van der Waals surface area contributed by atoms with Gasteiger partial charge in [-0.05, 0) is 37.1 Å². The molecule has 126 valence electrons. The second-order valence-corrected chi connectivity index (χ2v) is 4.88. The van der Waals surface area contributed by atoms with E-state index < -0.39 is 23.5 Å². The van der Waals surface area contributed by atoms with E-state index in [9.17, 15) is 19.2 Å². The topological polar surface area (TPSA) is 86.7 Å². The summed E-state index contributed by atoms with van der Waals surface area (Å²) in [7, 11) is 2.40. The maximum Gasteiger partial charge on any atom is 0.341 e. The summed E-state index contributed by atoms with van der Waals surface area (Å²) in [5.41, 5.74) is 1.06. The Bertz CT molecular complexity index is 659. The molecule has 0 aliphatic heterocycles. The fraction of sp³-hybridized carbons (Fsp3) is 0.222. The quantitative estimate of drug-likeness (QED) is 0.343. The predicted molar refractivity (Wildman–Crippen MR) is 87.8 cm³/mol. The molecule has 6 heteroatoms. The molecule has 0 N–H and O–H groups in total. The van der Waals surface area contributed by atoms with Gasteiger partial charge in [0.25, 0.3) is 0 Å². The van der Waals surface area contributed by atoms with E-state index in [1.807, 2.05) is 0 Å². The van der Waals surface area contributed by atoms with Crippen molar-refractivity contribution >= 4 is 35.7 Å². The molecule has 0 atom stereocenters. The van der Waals surface area contributed by atoms with Crippen LogP contribution in [0.25, 0.3) is 12.2 Å². The van der Waals surface area contributed by atoms with Gasteiger partial charge < -0.3 is 9.47 Å². The molecule has 0 aliphatic carbocycles. The third-order valence-corrected chi connectivity index (χ3v) is 3.13. The summed E-state index contributed by atoms with van der Waals surface area (Å²) in [5.74, 6) is -2.24. The zero-order valence-electron chi connectivity index (χ0n) is 13.9. The molecule has 0 aliphatic rings. The zero-order valence-corrected chi connectivity index (χ0v) is 13.9. The van der Waals surface area contributed by atoms with Crippen molar-refractivity contribution in [2.24, 2.45) is 0 Å². The lowest BCUT2D eigenvalue weighted by atomic mass is 10.0. The van der Waals surface area contributed by atoms with Gasteiger partial charge in [-0.15, -0.1) is 0 Å². The Morgan fingerprint density at radius 2 is 1.00 bits per heavy atom. The third-order valence-electron chi connectivity index (χ3n) is 3.13. The Labute approximate surface area is 139 Å². The van der Waals surface area contributed by atoms with Crippen molar-refractivity contribution in [2.45, 2.75) is 13.8 Å². The Morgan fingerprint density at radius 3 is 1.21 bits per heavy atom. The van der Waals surface area contributed by atoms with Crippen molar-refractivity contribution in [3.05, 3.63) is 46.5 Å². The molecule has 0 saturated heterocycles. The molecule has 1 aromatic rings. The molecule has 1 rings (SSSR count). The van der Waals surface area contributed by atoms with Crippen molar-refractivity contribution in [3.63, 3.8) is 0 Å². The molecule has 0 amide bonds. The SMILES string of the molecule is COC(=O)C(=Cc1ccc(C=C(C(C)=O)C(=O)OC)cc1)C(C)=O. The largest absolute Gasteiger partial charge is 0.465 e. The number of hydrogen-bond donors (Lipinski definition) is 0. The van der Waals surface area contributed by atoms with Crippen LogP contribution in [-0.2, 0) is 28.7 Å². The van der Waals surface area contributed by atoms with E-state index in [1.54, 1.807) is 24.3 Å². The van der Waals surface area contributed by atoms with Crippen molar-refractivity contribution < 1.29 is 28.7 Å². The van der Waals surface area contributed by atoms with Crippen molar-refractivity contribution in [1.29, 1.82) is 0 Å². The van der Waals surface area contributed by atoms with Crippen molar-refractivity contribution in [1.82, 2.24) is 0 Å². The van der Waals surface area contributed by atoms with E-state index in [1.165, 1.54) is 40.2 Å². The van der Waals surface area contributed by atoms with Gasteiger partial charge in [-0.2, -0.15) is 0 Å². The van der Waals surface area contributed by atoms with Crippen LogP contribution < -0.4 is 0 Å². The molecule has 24 heavy (non-hydrogen) atoms. The third kappa shape index (κ3) is 5.01. The Morgan fingerprint density at radius 1 is 0.708 bits per heavy atom. The first-order chi connectivity index (χ1) is 11.3. The molecule has 6 nitrogen and oxygen atoms in total. The summed E-state index contributed by atoms with van der Waals surface area (Å²) >= 11 is 0. The van der Waals surface area contributed by atoms with Crippen LogP contribution in [0.4, 0.5) is 0 Å². The minimum Gasteiger partial charge on any atom is -0.465 e. The second kappa shape index (κ2) is 8.57. The summed E-state index contributed by atoms with van der Waals surface area (Å²) in [5, 5.41) is 0. The molecule has 0 aromatic heterocycles. The number of Topliss-reactive ketones (excluding diaryl/α,β-unsaturated/α-hetero) is 2. The van der Waals surface area contributed by atoms with Gasteiger partial charge in [0.15, 0.2) is 11.6 Å². The highest BCUT2D eigenvalue weighted by Gasteiger charge is 2.15. The number of carbonyl (C=O) groups is 4. The highest BCUT2D eigenvalue weighted by atomic mass is 16.5. The van der Waals surface area contributed by atoms with E-state index in [0.717, 1.165) is 0 Å². The molecule has 0 fully saturated rings. The Kier molecular flexibility index (Phi) is 6.79. The van der Waals surface area contributed by atoms with E-state index in [-0.39, 0.29) is 11.1 Å². The smallest absolute Gasteiger partial charge is 0.341 e. The average Bonchev–Trinajstić information content (AvgIpc) is 2.56. The number of carbonyl (C=O) groups excluding carboxylic acids is 4. The van der Waals surface area contributed by atoms with Gasteiger partial charge in [-0.25, -0.2) is 9.59 Å². The van der Waals surface area contributed by atoms with Gasteiger partial charge in [0, 0.05) is 0 Å². The number of ether oxygens (including phenoxy) is 2. The van der Waals surface area contributed by atoms with E-state index in [4.69, 9.17) is 0 Å². The highest BCUT2D eigenvalue weighted by Crippen LogP contribution is 2.14. The zero-order chi connectivity index (χ0) is 18.3. The molecule has 0 radical (unpaired) electrons. The maximum atomic E-state index is 11.5. The van der Waals surface area contributed by atoms with Crippen LogP contribution in [0.5, 0.6) is 0 Å². The summed E-state index contributed by atoms with van der Waals surface area (Å²) in [6, 6.07) is 6.58. The fourth-order valence-corrected chi connectivity index (χ4v) is 1.85. The van der Waals surface area contributed by atoms with Crippen LogP contribution in [0.3, 0.4) is 0 Å². The fourth-order valence-electron chi connectivity index (χ4n) is 1.85. The lowest BCUT2D eigenvalue weighted by molar-refractivity contribution is -0.138. The minimum atomic E-state index is -0.712. The van der Waals surface area contributed by atoms with Gasteiger partial charge >= 0.3 is 11.9 Å². The maximum absolute atomic E-state index is 11.5. The van der Waals surface area contributed by atoms with Gasteiger partial charge in [-0.1, -0.05) is 24.3 Å². The van der Waals surface area contributed by atoms with Gasteiger partial charge in [-0.3, -0.25) is 9.59 Å². The monoisotopic (exact) mass is 330 g/mol. The minimum absolute atomic E-state index is 0.0697. The molecule has 0 spiro atoms. The lowest BCUT2D eigenvalue weighted by Crippen LogP contribution is -2.11. The van der Waals surface area contributed by atoms with Crippen LogP contribution in [0.1, 0.15) is 25.0 Å². The van der Waals surface area contributed by atoms with E-state index in [2.05, 4.69) is 9.47 Å². The first kappa shape index (κ1) is 19.0. The predicted octanol–water partition coefficient (Wildman–Crippen LogP) is 1.98. The highest BCUT2D eigenvalue weighted by molar-refractivity contribution is 6.20. The summed E-state index contributed by atoms with van der Waals surface area (Å²) in [6.45, 7) is 2.55. The van der Waals surface area contributed by atoms with Gasteiger partial charge in [0.1, 0.15) is 11.1 Å². The van der Waals surface area contributed by atoms with Crippen LogP contribution in [0.15, 0.2) is 35.4 Å².